The molecular weight excluding hydrogens is 266 g/mol. The van der Waals surface area contributed by atoms with E-state index >= 15 is 0 Å². The van der Waals surface area contributed by atoms with E-state index in [9.17, 15) is 0 Å². The van der Waals surface area contributed by atoms with Gasteiger partial charge in [0.2, 0.25) is 0 Å². The molecule has 0 saturated heterocycles. The Hall–Kier alpha value is -1.67. The lowest BCUT2D eigenvalue weighted by Gasteiger charge is -2.24. The fourth-order valence-corrected chi connectivity index (χ4v) is 2.87. The van der Waals surface area contributed by atoms with Crippen LogP contribution in [0, 0.1) is 11.3 Å². The van der Waals surface area contributed by atoms with Crippen molar-refractivity contribution in [2.24, 2.45) is 0 Å². The molecule has 0 amide bonds. The molecule has 0 saturated carbocycles. The Labute approximate surface area is 124 Å². The van der Waals surface area contributed by atoms with E-state index in [1.54, 1.807) is 11.3 Å². The zero-order valence-corrected chi connectivity index (χ0v) is 12.7. The third-order valence-electron chi connectivity index (χ3n) is 3.27. The highest BCUT2D eigenvalue weighted by molar-refractivity contribution is 7.07. The zero-order chi connectivity index (χ0) is 14.4. The summed E-state index contributed by atoms with van der Waals surface area (Å²) in [6.07, 6.45) is 0. The molecule has 1 aromatic carbocycles. The Morgan fingerprint density at radius 2 is 2.20 bits per heavy atom. The lowest BCUT2D eigenvalue weighted by atomic mass is 10.1. The van der Waals surface area contributed by atoms with E-state index in [0.29, 0.717) is 11.6 Å². The first-order chi connectivity index (χ1) is 9.70. The minimum Gasteiger partial charge on any atom is -0.311 e. The third-order valence-corrected chi connectivity index (χ3v) is 3.98. The molecular formula is C16H19N3S. The molecule has 0 aliphatic carbocycles. The minimum absolute atomic E-state index is 0.375. The van der Waals surface area contributed by atoms with E-state index in [0.717, 1.165) is 18.7 Å². The topological polar surface area (TPSA) is 39.1 Å². The number of hydrogen-bond acceptors (Lipinski definition) is 4. The smallest absolute Gasteiger partial charge is 0.0991 e. The van der Waals surface area contributed by atoms with E-state index in [1.165, 1.54) is 5.56 Å². The summed E-state index contributed by atoms with van der Waals surface area (Å²) in [6.45, 7) is 1.67. The summed E-state index contributed by atoms with van der Waals surface area (Å²) in [7, 11) is 4.20. The van der Waals surface area contributed by atoms with E-state index in [2.05, 4.69) is 47.2 Å². The van der Waals surface area contributed by atoms with E-state index in [1.807, 2.05) is 24.3 Å². The summed E-state index contributed by atoms with van der Waals surface area (Å²) in [6, 6.07) is 12.5. The number of nitrogens with zero attached hydrogens (tertiary/aromatic N) is 2. The van der Waals surface area contributed by atoms with E-state index < -0.39 is 0 Å². The number of likely N-dealkylation sites (N-methyl/N-ethyl adjacent to an activating group) is 1. The van der Waals surface area contributed by atoms with Gasteiger partial charge in [-0.1, -0.05) is 12.1 Å². The largest absolute Gasteiger partial charge is 0.311 e. The highest BCUT2D eigenvalue weighted by atomic mass is 32.1. The Bertz CT molecular complexity index is 570. The molecule has 0 radical (unpaired) electrons. The van der Waals surface area contributed by atoms with Gasteiger partial charge in [-0.2, -0.15) is 16.6 Å². The Kier molecular flexibility index (Phi) is 5.31. The second-order valence-corrected chi connectivity index (χ2v) is 5.76. The first-order valence-corrected chi connectivity index (χ1v) is 7.53. The second kappa shape index (κ2) is 7.20. The van der Waals surface area contributed by atoms with Gasteiger partial charge in [0.05, 0.1) is 11.6 Å². The van der Waals surface area contributed by atoms with Crippen LogP contribution < -0.4 is 5.32 Å². The van der Waals surface area contributed by atoms with Crippen molar-refractivity contribution < 1.29 is 0 Å². The third kappa shape index (κ3) is 3.91. The Morgan fingerprint density at radius 1 is 1.35 bits per heavy atom. The Balaban J connectivity index is 1.92. The molecule has 0 aliphatic heterocycles. The summed E-state index contributed by atoms with van der Waals surface area (Å²) >= 11 is 1.73. The van der Waals surface area contributed by atoms with Gasteiger partial charge in [0.25, 0.3) is 0 Å². The molecule has 2 aromatic rings. The van der Waals surface area contributed by atoms with Gasteiger partial charge in [-0.25, -0.2) is 0 Å². The van der Waals surface area contributed by atoms with Crippen LogP contribution in [0.5, 0.6) is 0 Å². The molecule has 0 spiro atoms. The molecule has 0 unspecified atom stereocenters. The monoisotopic (exact) mass is 285 g/mol. The molecule has 20 heavy (non-hydrogen) atoms. The average Bonchev–Trinajstić information content (AvgIpc) is 2.97. The molecule has 4 heteroatoms. The molecule has 1 aromatic heterocycles. The molecule has 3 nitrogen and oxygen atoms in total. The maximum Gasteiger partial charge on any atom is 0.0991 e. The van der Waals surface area contributed by atoms with Crippen LogP contribution >= 0.6 is 11.3 Å². The summed E-state index contributed by atoms with van der Waals surface area (Å²) < 4.78 is 0. The predicted octanol–water partition coefficient (Wildman–Crippen LogP) is 3.01. The molecule has 2 rings (SSSR count). The van der Waals surface area contributed by atoms with E-state index in [4.69, 9.17) is 5.26 Å². The van der Waals surface area contributed by atoms with Crippen molar-refractivity contribution in [2.75, 3.05) is 20.6 Å². The van der Waals surface area contributed by atoms with Crippen molar-refractivity contribution in [1.29, 1.82) is 5.26 Å². The normalized spacial score (nSPS) is 12.3. The maximum absolute atomic E-state index is 8.90. The minimum atomic E-state index is 0.375. The standard InChI is InChI=1S/C16H19N3S/c1-19(2)16(15-6-7-20-12-15)11-18-10-14-5-3-4-13(8-14)9-17/h3-8,12,16,18H,10-11H2,1-2H3/t16-/m0/s1. The fraction of sp³-hybridized carbons (Fsp3) is 0.312. The van der Waals surface area contributed by atoms with E-state index in [-0.39, 0.29) is 0 Å². The van der Waals surface area contributed by atoms with Gasteiger partial charge in [0.1, 0.15) is 0 Å². The van der Waals surface area contributed by atoms with Gasteiger partial charge in [0.15, 0.2) is 0 Å². The molecule has 0 aliphatic rings. The van der Waals surface area contributed by atoms with Crippen LogP contribution in [-0.2, 0) is 6.54 Å². The maximum atomic E-state index is 8.90. The number of benzene rings is 1. The van der Waals surface area contributed by atoms with Crippen LogP contribution in [-0.4, -0.2) is 25.5 Å². The number of nitrogens with one attached hydrogen (secondary N) is 1. The quantitative estimate of drug-likeness (QED) is 0.886. The van der Waals surface area contributed by atoms with Crippen molar-refractivity contribution in [3.05, 3.63) is 57.8 Å². The molecule has 104 valence electrons. The summed E-state index contributed by atoms with van der Waals surface area (Å²) in [5, 5.41) is 16.7. The molecule has 0 bridgehead atoms. The predicted molar refractivity (Wildman–Crippen MR) is 83.6 cm³/mol. The molecule has 1 atom stereocenters. The lowest BCUT2D eigenvalue weighted by Crippen LogP contribution is -2.30. The lowest BCUT2D eigenvalue weighted by molar-refractivity contribution is 0.289. The van der Waals surface area contributed by atoms with Crippen molar-refractivity contribution in [3.63, 3.8) is 0 Å². The van der Waals surface area contributed by atoms with Crippen LogP contribution in [0.15, 0.2) is 41.1 Å². The van der Waals surface area contributed by atoms with Gasteiger partial charge in [-0.15, -0.1) is 0 Å². The summed E-state index contributed by atoms with van der Waals surface area (Å²) in [5.74, 6) is 0. The highest BCUT2D eigenvalue weighted by Gasteiger charge is 2.13. The highest BCUT2D eigenvalue weighted by Crippen LogP contribution is 2.20. The van der Waals surface area contributed by atoms with Gasteiger partial charge in [-0.3, -0.25) is 0 Å². The van der Waals surface area contributed by atoms with Gasteiger partial charge in [0, 0.05) is 19.1 Å². The van der Waals surface area contributed by atoms with Crippen LogP contribution in [0.4, 0.5) is 0 Å². The number of hydrogen-bond donors (Lipinski definition) is 1. The second-order valence-electron chi connectivity index (χ2n) is 4.98. The first-order valence-electron chi connectivity index (χ1n) is 6.59. The molecule has 0 fully saturated rings. The summed E-state index contributed by atoms with van der Waals surface area (Å²) in [5.41, 5.74) is 3.21. The van der Waals surface area contributed by atoms with Gasteiger partial charge >= 0.3 is 0 Å². The Morgan fingerprint density at radius 3 is 2.85 bits per heavy atom. The van der Waals surface area contributed by atoms with Gasteiger partial charge < -0.3 is 10.2 Å². The van der Waals surface area contributed by atoms with Crippen molar-refractivity contribution in [3.8, 4) is 6.07 Å². The van der Waals surface area contributed by atoms with Crippen LogP contribution in [0.3, 0.4) is 0 Å². The zero-order valence-electron chi connectivity index (χ0n) is 11.8. The van der Waals surface area contributed by atoms with Crippen molar-refractivity contribution in [1.82, 2.24) is 10.2 Å². The van der Waals surface area contributed by atoms with Crippen LogP contribution in [0.2, 0.25) is 0 Å². The number of nitriles is 1. The van der Waals surface area contributed by atoms with Crippen LogP contribution in [0.25, 0.3) is 0 Å². The summed E-state index contributed by atoms with van der Waals surface area (Å²) in [4.78, 5) is 2.22. The fourth-order valence-electron chi connectivity index (χ4n) is 2.17. The SMILES string of the molecule is CN(C)[C@@H](CNCc1cccc(C#N)c1)c1ccsc1. The molecule has 1 N–H and O–H groups in total. The van der Waals surface area contributed by atoms with Crippen LogP contribution in [0.1, 0.15) is 22.7 Å². The van der Waals surface area contributed by atoms with Gasteiger partial charge in [-0.05, 0) is 54.2 Å². The average molecular weight is 285 g/mol. The number of thiophene rings is 1. The first kappa shape index (κ1) is 14.7. The van der Waals surface area contributed by atoms with Crippen molar-refractivity contribution >= 4 is 11.3 Å². The molecule has 1 heterocycles. The van der Waals surface area contributed by atoms with Crippen molar-refractivity contribution in [2.45, 2.75) is 12.6 Å². The number of rotatable bonds is 6.